The molecule has 0 amide bonds. The summed E-state index contributed by atoms with van der Waals surface area (Å²) in [7, 11) is 0. The maximum absolute atomic E-state index is 14.2. The van der Waals surface area contributed by atoms with Crippen molar-refractivity contribution in [2.45, 2.75) is 126 Å². The van der Waals surface area contributed by atoms with Crippen LogP contribution in [-0.4, -0.2) is 86.5 Å². The Morgan fingerprint density at radius 1 is 1.09 bits per heavy atom. The van der Waals surface area contributed by atoms with E-state index in [4.69, 9.17) is 18.6 Å². The van der Waals surface area contributed by atoms with Crippen molar-refractivity contribution in [1.82, 2.24) is 0 Å². The van der Waals surface area contributed by atoms with Crippen LogP contribution in [0, 0.1) is 22.7 Å². The first kappa shape index (κ1) is 31.5. The third-order valence-corrected chi connectivity index (χ3v) is 11.9. The normalized spacial score (nSPS) is 48.5. The minimum atomic E-state index is -1.66. The highest BCUT2D eigenvalue weighted by atomic mass is 16.7. The van der Waals surface area contributed by atoms with Crippen molar-refractivity contribution in [1.29, 1.82) is 0 Å². The van der Waals surface area contributed by atoms with Crippen LogP contribution in [-0.2, 0) is 28.6 Å². The summed E-state index contributed by atoms with van der Waals surface area (Å²) in [5, 5.41) is 47.1. The molecule has 0 aromatic carbocycles. The molecule has 5 aliphatic rings. The van der Waals surface area contributed by atoms with Crippen LogP contribution in [0.5, 0.6) is 0 Å². The quantitative estimate of drug-likeness (QED) is 0.209. The van der Waals surface area contributed by atoms with Crippen molar-refractivity contribution in [3.8, 4) is 0 Å². The molecule has 13 atom stereocenters. The van der Waals surface area contributed by atoms with Crippen LogP contribution in [0.15, 0.2) is 27.6 Å². The van der Waals surface area contributed by atoms with Gasteiger partial charge in [0, 0.05) is 37.7 Å². The van der Waals surface area contributed by atoms with Gasteiger partial charge in [-0.25, -0.2) is 4.79 Å². The van der Waals surface area contributed by atoms with E-state index in [0.29, 0.717) is 24.7 Å². The summed E-state index contributed by atoms with van der Waals surface area (Å²) in [4.78, 5) is 50.4. The fourth-order valence-corrected chi connectivity index (χ4v) is 9.79. The molecule has 2 heterocycles. The van der Waals surface area contributed by atoms with Crippen LogP contribution < -0.4 is 5.63 Å². The van der Waals surface area contributed by atoms with Crippen LogP contribution in [0.1, 0.15) is 83.6 Å². The molecule has 1 aromatic heterocycles. The Hall–Kier alpha value is -2.48. The Labute approximate surface area is 254 Å². The van der Waals surface area contributed by atoms with Gasteiger partial charge < -0.3 is 43.8 Å². The minimum Gasteiger partial charge on any atom is -0.459 e. The molecule has 4 N–H and O–H groups in total. The van der Waals surface area contributed by atoms with Gasteiger partial charge in [-0.15, -0.1) is 0 Å². The molecule has 0 unspecified atom stereocenters. The van der Waals surface area contributed by atoms with E-state index in [0.717, 1.165) is 0 Å². The molecule has 4 saturated carbocycles. The predicted molar refractivity (Wildman–Crippen MR) is 150 cm³/mol. The lowest BCUT2D eigenvalue weighted by atomic mass is 9.40. The number of ketones is 1. The number of hydrogen-bond donors (Lipinski definition) is 4. The second-order valence-electron chi connectivity index (χ2n) is 14.0. The highest BCUT2D eigenvalue weighted by molar-refractivity contribution is 5.93. The van der Waals surface area contributed by atoms with Crippen molar-refractivity contribution in [2.75, 3.05) is 0 Å². The van der Waals surface area contributed by atoms with Gasteiger partial charge >= 0.3 is 11.6 Å². The number of rotatable bonds is 5. The van der Waals surface area contributed by atoms with Gasteiger partial charge in [0.2, 0.25) is 0 Å². The van der Waals surface area contributed by atoms with Gasteiger partial charge in [0.05, 0.1) is 40.5 Å². The number of aliphatic hydroxyl groups is 4. The van der Waals surface area contributed by atoms with Crippen molar-refractivity contribution >= 4 is 18.0 Å². The van der Waals surface area contributed by atoms with Crippen LogP contribution >= 0.6 is 0 Å². The third-order valence-electron chi connectivity index (χ3n) is 11.9. The second-order valence-corrected chi connectivity index (χ2v) is 14.0. The Kier molecular flexibility index (Phi) is 7.74. The van der Waals surface area contributed by atoms with E-state index < -0.39 is 87.9 Å². The van der Waals surface area contributed by atoms with Gasteiger partial charge in [0.1, 0.15) is 24.6 Å². The summed E-state index contributed by atoms with van der Waals surface area (Å²) in [5.41, 5.74) is -6.12. The van der Waals surface area contributed by atoms with Gasteiger partial charge in [-0.3, -0.25) is 9.59 Å². The van der Waals surface area contributed by atoms with Crippen molar-refractivity contribution < 1.29 is 53.4 Å². The lowest BCUT2D eigenvalue weighted by Gasteiger charge is -2.65. The third kappa shape index (κ3) is 4.39. The first-order valence-corrected chi connectivity index (χ1v) is 15.6. The number of esters is 1. The fourth-order valence-electron chi connectivity index (χ4n) is 9.79. The SMILES string of the molecule is CC(=O)O[C@H]1C[C@H](C)O[C@@H](O[C@H]2CC[C@]3(C=O)[C@H]4[C@H](O)C(=O)[C@]5(C)[C@@H](c6ccc(=O)oc6)CC[C@]5(O)[C@@H]4CC[C@]3(O)C2)[C@H]1O. The summed E-state index contributed by atoms with van der Waals surface area (Å²) in [6.07, 6.45) is -2.24. The molecule has 1 aromatic rings. The summed E-state index contributed by atoms with van der Waals surface area (Å²) in [6.45, 7) is 4.67. The number of fused-ring (bicyclic) bond motifs is 5. The molecule has 12 heteroatoms. The lowest BCUT2D eigenvalue weighted by molar-refractivity contribution is -0.301. The molecular weight excluding hydrogens is 576 g/mol. The average molecular weight is 619 g/mol. The maximum atomic E-state index is 14.2. The average Bonchev–Trinajstić information content (AvgIpc) is 3.25. The molecule has 6 rings (SSSR count). The van der Waals surface area contributed by atoms with Gasteiger partial charge in [-0.05, 0) is 69.9 Å². The number of aldehydes is 1. The van der Waals surface area contributed by atoms with Gasteiger partial charge in [-0.2, -0.15) is 0 Å². The number of hydrogen-bond acceptors (Lipinski definition) is 12. The van der Waals surface area contributed by atoms with E-state index in [1.165, 1.54) is 19.3 Å². The second kappa shape index (κ2) is 10.8. The van der Waals surface area contributed by atoms with E-state index in [2.05, 4.69) is 0 Å². The first-order chi connectivity index (χ1) is 20.7. The smallest absolute Gasteiger partial charge is 0.335 e. The zero-order valence-corrected chi connectivity index (χ0v) is 25.2. The molecule has 0 radical (unpaired) electrons. The van der Waals surface area contributed by atoms with Crippen LogP contribution in [0.3, 0.4) is 0 Å². The molecular formula is C32H42O12. The summed E-state index contributed by atoms with van der Waals surface area (Å²) in [5.74, 6) is -3.33. The van der Waals surface area contributed by atoms with E-state index in [-0.39, 0.29) is 44.6 Å². The Morgan fingerprint density at radius 2 is 1.84 bits per heavy atom. The zero-order chi connectivity index (χ0) is 31.8. The number of carbonyl (C=O) groups is 3. The molecule has 1 aliphatic heterocycles. The number of carbonyl (C=O) groups excluding carboxylic acids is 3. The maximum Gasteiger partial charge on any atom is 0.335 e. The molecule has 44 heavy (non-hydrogen) atoms. The molecule has 12 nitrogen and oxygen atoms in total. The highest BCUT2D eigenvalue weighted by Gasteiger charge is 2.76. The largest absolute Gasteiger partial charge is 0.459 e. The van der Waals surface area contributed by atoms with Gasteiger partial charge in [0.15, 0.2) is 12.1 Å². The minimum absolute atomic E-state index is 0.0174. The standard InChI is InChI=1S/C32H42O12/c1-16-12-22(43-17(2)34)25(36)28(42-16)44-19-6-9-30(15-33)24-21(7-10-31(30,39)13-19)32(40)11-8-20(18-4-5-23(35)41-14-18)29(32,3)27(38)26(24)37/h4-5,14-16,19-22,24-26,28,36-37,39-40H,6-13H2,1-3H3/t16-,19-,20+,21+,22-,24+,25-,26-,28-,29-,30-,31-,32-/m0/s1. The number of ether oxygens (including phenoxy) is 3. The molecule has 242 valence electrons. The summed E-state index contributed by atoms with van der Waals surface area (Å²) >= 11 is 0. The monoisotopic (exact) mass is 618 g/mol. The van der Waals surface area contributed by atoms with Crippen LogP contribution in [0.2, 0.25) is 0 Å². The number of aliphatic hydroxyl groups excluding tert-OH is 2. The summed E-state index contributed by atoms with van der Waals surface area (Å²) in [6, 6.07) is 2.84. The number of Topliss-reactive ketones (excluding diaryl/α,β-unsaturated/α-hetero) is 1. The molecule has 5 fully saturated rings. The topological polar surface area (TPSA) is 190 Å². The zero-order valence-electron chi connectivity index (χ0n) is 25.2. The highest BCUT2D eigenvalue weighted by Crippen LogP contribution is 2.70. The van der Waals surface area contributed by atoms with Crippen molar-refractivity contribution in [3.05, 3.63) is 34.4 Å². The molecule has 0 spiro atoms. The first-order valence-electron chi connectivity index (χ1n) is 15.6. The Morgan fingerprint density at radius 3 is 2.50 bits per heavy atom. The van der Waals surface area contributed by atoms with E-state index in [9.17, 15) is 39.6 Å². The van der Waals surface area contributed by atoms with Crippen molar-refractivity contribution in [2.24, 2.45) is 22.7 Å². The van der Waals surface area contributed by atoms with E-state index in [1.807, 2.05) is 0 Å². The predicted octanol–water partition coefficient (Wildman–Crippen LogP) is 1.14. The molecule has 0 bridgehead atoms. The molecule has 1 saturated heterocycles. The Balaban J connectivity index is 1.27. The van der Waals surface area contributed by atoms with Crippen molar-refractivity contribution in [3.63, 3.8) is 0 Å². The molecule has 4 aliphatic carbocycles. The van der Waals surface area contributed by atoms with Gasteiger partial charge in [0.25, 0.3) is 0 Å². The van der Waals surface area contributed by atoms with E-state index in [1.54, 1.807) is 19.9 Å². The van der Waals surface area contributed by atoms with E-state index >= 15 is 0 Å². The summed E-state index contributed by atoms with van der Waals surface area (Å²) < 4.78 is 22.3. The van der Waals surface area contributed by atoms with Crippen LogP contribution in [0.4, 0.5) is 0 Å². The Bertz CT molecular complexity index is 1360. The van der Waals surface area contributed by atoms with Gasteiger partial charge in [-0.1, -0.05) is 0 Å². The lowest BCUT2D eigenvalue weighted by Crippen LogP contribution is -2.74. The fraction of sp³-hybridized carbons (Fsp3) is 0.750. The van der Waals surface area contributed by atoms with Crippen LogP contribution in [0.25, 0.3) is 0 Å².